The first-order chi connectivity index (χ1) is 17.6. The average Bonchev–Trinajstić information content (AvgIpc) is 2.86. The molecule has 3 aromatic rings. The molecule has 4 rings (SSSR count). The fourth-order valence-corrected chi connectivity index (χ4v) is 6.02. The zero-order valence-electron chi connectivity index (χ0n) is 24.0. The van der Waals surface area contributed by atoms with E-state index in [0.717, 1.165) is 30.8 Å². The van der Waals surface area contributed by atoms with Crippen LogP contribution in [0.25, 0.3) is 16.3 Å². The molecule has 0 N–H and O–H groups in total. The summed E-state index contributed by atoms with van der Waals surface area (Å²) in [4.78, 5) is 7.37. The molecule has 37 heavy (non-hydrogen) atoms. The molecule has 0 aliphatic heterocycles. The molecule has 196 valence electrons. The molecule has 2 heteroatoms. The molecule has 1 aliphatic rings. The Kier molecular flexibility index (Phi) is 8.26. The molecule has 1 saturated carbocycles. The van der Waals surface area contributed by atoms with Gasteiger partial charge in [-0.05, 0) is 109 Å². The van der Waals surface area contributed by atoms with Crippen LogP contribution in [0.4, 0.5) is 5.82 Å². The third-order valence-corrected chi connectivity index (χ3v) is 8.11. The Bertz CT molecular complexity index is 1270. The van der Waals surface area contributed by atoms with Crippen LogP contribution in [0.1, 0.15) is 94.9 Å². The number of aromatic nitrogens is 1. The monoisotopic (exact) mass is 494 g/mol. The van der Waals surface area contributed by atoms with Gasteiger partial charge in [0.2, 0.25) is 0 Å². The van der Waals surface area contributed by atoms with E-state index in [4.69, 9.17) is 4.98 Å². The number of pyridine rings is 1. The van der Waals surface area contributed by atoms with Crippen LogP contribution in [0, 0.1) is 18.3 Å². The Morgan fingerprint density at radius 2 is 1.73 bits per heavy atom. The van der Waals surface area contributed by atoms with Crippen molar-refractivity contribution in [2.24, 2.45) is 11.3 Å². The van der Waals surface area contributed by atoms with Crippen LogP contribution in [-0.4, -0.2) is 11.5 Å². The second-order valence-electron chi connectivity index (χ2n) is 12.5. The van der Waals surface area contributed by atoms with Gasteiger partial charge in [-0.1, -0.05) is 76.8 Å². The van der Waals surface area contributed by atoms with Gasteiger partial charge in [-0.25, -0.2) is 4.98 Å². The molecule has 0 unspecified atom stereocenters. The van der Waals surface area contributed by atoms with Gasteiger partial charge in [-0.3, -0.25) is 0 Å². The summed E-state index contributed by atoms with van der Waals surface area (Å²) in [6, 6.07) is 15.9. The van der Waals surface area contributed by atoms with Gasteiger partial charge in [0.05, 0.1) is 0 Å². The Morgan fingerprint density at radius 3 is 2.35 bits per heavy atom. The molecule has 2 nitrogen and oxygen atoms in total. The number of rotatable bonds is 8. The molecule has 1 aliphatic carbocycles. The SMILES string of the molecule is C=C(C)c1ccc2c(N(CC3CCC(c4ccc(CC)c(C)c4)CC3)C(=C)CC(C)(C)C)nccc2c1. The van der Waals surface area contributed by atoms with Crippen LogP contribution in [-0.2, 0) is 6.42 Å². The van der Waals surface area contributed by atoms with Crippen molar-refractivity contribution < 1.29 is 0 Å². The Balaban J connectivity index is 1.56. The first kappa shape index (κ1) is 27.2. The molecule has 0 amide bonds. The Hall–Kier alpha value is -2.87. The first-order valence-electron chi connectivity index (χ1n) is 14.1. The molecule has 1 aromatic heterocycles. The maximum absolute atomic E-state index is 4.93. The fourth-order valence-electron chi connectivity index (χ4n) is 6.02. The van der Waals surface area contributed by atoms with E-state index >= 15 is 0 Å². The number of anilines is 1. The van der Waals surface area contributed by atoms with E-state index in [9.17, 15) is 0 Å². The van der Waals surface area contributed by atoms with E-state index in [1.54, 1.807) is 0 Å². The summed E-state index contributed by atoms with van der Waals surface area (Å²) in [7, 11) is 0. The number of allylic oxidation sites excluding steroid dienone is 2. The molecule has 0 saturated heterocycles. The topological polar surface area (TPSA) is 16.1 Å². The molecular weight excluding hydrogens is 448 g/mol. The van der Waals surface area contributed by atoms with Crippen molar-refractivity contribution in [2.75, 3.05) is 11.4 Å². The molecule has 0 radical (unpaired) electrons. The highest BCUT2D eigenvalue weighted by Gasteiger charge is 2.27. The van der Waals surface area contributed by atoms with Gasteiger partial charge in [0.15, 0.2) is 0 Å². The smallest absolute Gasteiger partial charge is 0.140 e. The van der Waals surface area contributed by atoms with Gasteiger partial charge in [0.1, 0.15) is 5.82 Å². The van der Waals surface area contributed by atoms with Gasteiger partial charge < -0.3 is 4.90 Å². The number of fused-ring (bicyclic) bond motifs is 1. The van der Waals surface area contributed by atoms with Gasteiger partial charge in [-0.15, -0.1) is 0 Å². The number of hydrogen-bond donors (Lipinski definition) is 0. The minimum atomic E-state index is 0.174. The standard InChI is InChI=1S/C35H46N2/c1-9-28-14-15-31(20-25(28)4)29-12-10-27(11-13-29)23-37(26(5)22-35(6,7)8)34-33-17-16-30(24(2)3)21-32(33)18-19-36-34/h14-21,27,29H,2,5,9-13,22-23H2,1,3-4,6-8H3. The van der Waals surface area contributed by atoms with Crippen molar-refractivity contribution >= 4 is 22.2 Å². The predicted octanol–water partition coefficient (Wildman–Crippen LogP) is 9.87. The van der Waals surface area contributed by atoms with Gasteiger partial charge in [-0.2, -0.15) is 0 Å². The Morgan fingerprint density at radius 1 is 1.00 bits per heavy atom. The quantitative estimate of drug-likeness (QED) is 0.310. The van der Waals surface area contributed by atoms with Crippen molar-refractivity contribution in [1.82, 2.24) is 4.98 Å². The molecule has 0 atom stereocenters. The summed E-state index contributed by atoms with van der Waals surface area (Å²) in [5.74, 6) is 2.38. The van der Waals surface area contributed by atoms with E-state index < -0.39 is 0 Å². The van der Waals surface area contributed by atoms with E-state index in [1.807, 2.05) is 6.20 Å². The van der Waals surface area contributed by atoms with Gasteiger partial charge in [0, 0.05) is 23.8 Å². The molecule has 0 bridgehead atoms. The van der Waals surface area contributed by atoms with Crippen molar-refractivity contribution in [1.29, 1.82) is 0 Å². The van der Waals surface area contributed by atoms with E-state index in [0.29, 0.717) is 11.8 Å². The van der Waals surface area contributed by atoms with Crippen molar-refractivity contribution in [3.05, 3.63) is 89.8 Å². The molecular formula is C35H46N2. The van der Waals surface area contributed by atoms with Crippen LogP contribution < -0.4 is 4.90 Å². The van der Waals surface area contributed by atoms with Crippen LogP contribution in [0.15, 0.2) is 67.5 Å². The number of benzene rings is 2. The summed E-state index contributed by atoms with van der Waals surface area (Å²) in [6.45, 7) is 23.2. The third-order valence-electron chi connectivity index (χ3n) is 8.11. The van der Waals surface area contributed by atoms with Gasteiger partial charge in [0.25, 0.3) is 0 Å². The zero-order valence-corrected chi connectivity index (χ0v) is 24.0. The van der Waals surface area contributed by atoms with Crippen LogP contribution in [0.5, 0.6) is 0 Å². The summed E-state index contributed by atoms with van der Waals surface area (Å²) < 4.78 is 0. The number of aryl methyl sites for hydroxylation is 2. The van der Waals surface area contributed by atoms with Crippen LogP contribution >= 0.6 is 0 Å². The number of hydrogen-bond acceptors (Lipinski definition) is 2. The van der Waals surface area contributed by atoms with Crippen molar-refractivity contribution in [3.63, 3.8) is 0 Å². The lowest BCUT2D eigenvalue weighted by Crippen LogP contribution is -2.32. The largest absolute Gasteiger partial charge is 0.330 e. The summed E-state index contributed by atoms with van der Waals surface area (Å²) in [6.07, 6.45) is 9.06. The summed E-state index contributed by atoms with van der Waals surface area (Å²) in [5, 5.41) is 2.41. The summed E-state index contributed by atoms with van der Waals surface area (Å²) >= 11 is 0. The van der Waals surface area contributed by atoms with Crippen molar-refractivity contribution in [2.45, 2.75) is 86.0 Å². The maximum Gasteiger partial charge on any atom is 0.140 e. The number of nitrogens with zero attached hydrogens (tertiary/aromatic N) is 2. The highest BCUT2D eigenvalue weighted by atomic mass is 15.2. The maximum atomic E-state index is 4.93. The van der Waals surface area contributed by atoms with Gasteiger partial charge >= 0.3 is 0 Å². The lowest BCUT2D eigenvalue weighted by Gasteiger charge is -2.36. The predicted molar refractivity (Wildman–Crippen MR) is 162 cm³/mol. The molecule has 2 aromatic carbocycles. The van der Waals surface area contributed by atoms with Crippen molar-refractivity contribution in [3.8, 4) is 0 Å². The fraction of sp³-hybridized carbons (Fsp3) is 0.457. The minimum Gasteiger partial charge on any atom is -0.330 e. The average molecular weight is 495 g/mol. The Labute approximate surface area is 225 Å². The zero-order chi connectivity index (χ0) is 26.7. The highest BCUT2D eigenvalue weighted by molar-refractivity contribution is 5.94. The lowest BCUT2D eigenvalue weighted by atomic mass is 9.78. The molecule has 1 fully saturated rings. The highest BCUT2D eigenvalue weighted by Crippen LogP contribution is 2.39. The minimum absolute atomic E-state index is 0.174. The van der Waals surface area contributed by atoms with Crippen LogP contribution in [0.2, 0.25) is 0 Å². The molecule has 1 heterocycles. The van der Waals surface area contributed by atoms with Crippen LogP contribution in [0.3, 0.4) is 0 Å². The summed E-state index contributed by atoms with van der Waals surface area (Å²) in [5.41, 5.74) is 8.08. The molecule has 0 spiro atoms. The lowest BCUT2D eigenvalue weighted by molar-refractivity contribution is 0.326. The third kappa shape index (κ3) is 6.53. The van der Waals surface area contributed by atoms with E-state index in [2.05, 4.69) is 102 Å². The second-order valence-corrected chi connectivity index (χ2v) is 12.5. The second kappa shape index (κ2) is 11.3. The van der Waals surface area contributed by atoms with E-state index in [1.165, 1.54) is 64.4 Å². The first-order valence-corrected chi connectivity index (χ1v) is 14.1. The normalized spacial score (nSPS) is 18.1. The van der Waals surface area contributed by atoms with E-state index in [-0.39, 0.29) is 5.41 Å².